The zero-order chi connectivity index (χ0) is 10.6. The van der Waals surface area contributed by atoms with Crippen molar-refractivity contribution in [1.29, 1.82) is 0 Å². The van der Waals surface area contributed by atoms with E-state index in [2.05, 4.69) is 52.0 Å². The normalized spacial score (nSPS) is 31.9. The van der Waals surface area contributed by atoms with Gasteiger partial charge in [-0.25, -0.2) is 0 Å². The van der Waals surface area contributed by atoms with Crippen LogP contribution in [0, 0.1) is 5.41 Å². The Labute approximate surface area is 98.5 Å². The van der Waals surface area contributed by atoms with Gasteiger partial charge in [0.05, 0.1) is 0 Å². The van der Waals surface area contributed by atoms with Crippen LogP contribution in [0.5, 0.6) is 0 Å². The van der Waals surface area contributed by atoms with Crippen molar-refractivity contribution in [3.8, 4) is 0 Å². The van der Waals surface area contributed by atoms with Crippen molar-refractivity contribution >= 4 is 12.4 Å². The lowest BCUT2D eigenvalue weighted by Crippen LogP contribution is -2.44. The van der Waals surface area contributed by atoms with Crippen LogP contribution in [0.1, 0.15) is 44.7 Å². The molecule has 84 valence electrons. The minimum Gasteiger partial charge on any atom is -0.321 e. The number of rotatable bonds is 0. The van der Waals surface area contributed by atoms with Crippen LogP contribution in [0.25, 0.3) is 0 Å². The molecule has 2 rings (SSSR count). The van der Waals surface area contributed by atoms with E-state index in [1.54, 1.807) is 0 Å². The van der Waals surface area contributed by atoms with Gasteiger partial charge in [-0.3, -0.25) is 0 Å². The SMILES string of the molecule is C[C@@H]1c2ccccc2[C@](C)(N)C1(C)C.Cl. The Morgan fingerprint density at radius 1 is 1.13 bits per heavy atom. The quantitative estimate of drug-likeness (QED) is 0.720. The average molecular weight is 226 g/mol. The fourth-order valence-electron chi connectivity index (χ4n) is 2.53. The highest BCUT2D eigenvalue weighted by Gasteiger charge is 2.50. The van der Waals surface area contributed by atoms with Crippen molar-refractivity contribution in [2.75, 3.05) is 0 Å². The second-order valence-electron chi connectivity index (χ2n) is 5.23. The summed E-state index contributed by atoms with van der Waals surface area (Å²) in [5.41, 5.74) is 9.12. The van der Waals surface area contributed by atoms with Crippen LogP contribution in [0.3, 0.4) is 0 Å². The predicted molar refractivity (Wildman–Crippen MR) is 67.4 cm³/mol. The molecule has 0 fully saturated rings. The molecule has 0 aliphatic heterocycles. The molecule has 1 aliphatic rings. The van der Waals surface area contributed by atoms with Gasteiger partial charge in [0, 0.05) is 5.54 Å². The fraction of sp³-hybridized carbons (Fsp3) is 0.538. The highest BCUT2D eigenvalue weighted by atomic mass is 35.5. The summed E-state index contributed by atoms with van der Waals surface area (Å²) in [5.74, 6) is 0.536. The van der Waals surface area contributed by atoms with E-state index in [0.29, 0.717) is 5.92 Å². The molecule has 0 aromatic heterocycles. The lowest BCUT2D eigenvalue weighted by molar-refractivity contribution is 0.178. The van der Waals surface area contributed by atoms with Gasteiger partial charge in [0.25, 0.3) is 0 Å². The molecule has 2 N–H and O–H groups in total. The average Bonchev–Trinajstić information content (AvgIpc) is 2.27. The number of hydrogen-bond donors (Lipinski definition) is 1. The summed E-state index contributed by atoms with van der Waals surface area (Å²) >= 11 is 0. The van der Waals surface area contributed by atoms with Gasteiger partial charge < -0.3 is 5.73 Å². The molecule has 1 nitrogen and oxygen atoms in total. The Balaban J connectivity index is 0.00000112. The van der Waals surface area contributed by atoms with Gasteiger partial charge in [0.15, 0.2) is 0 Å². The van der Waals surface area contributed by atoms with Gasteiger partial charge in [0.1, 0.15) is 0 Å². The predicted octanol–water partition coefficient (Wildman–Crippen LogP) is 3.43. The number of benzene rings is 1. The smallest absolute Gasteiger partial charge is 0.0441 e. The Morgan fingerprint density at radius 3 is 2.20 bits per heavy atom. The maximum atomic E-state index is 6.46. The van der Waals surface area contributed by atoms with Crippen molar-refractivity contribution in [1.82, 2.24) is 0 Å². The molecule has 1 aromatic carbocycles. The Kier molecular flexibility index (Phi) is 2.92. The van der Waals surface area contributed by atoms with E-state index in [-0.39, 0.29) is 23.4 Å². The molecule has 0 spiro atoms. The van der Waals surface area contributed by atoms with Crippen LogP contribution in [0.2, 0.25) is 0 Å². The Morgan fingerprint density at radius 2 is 1.67 bits per heavy atom. The first-order valence-corrected chi connectivity index (χ1v) is 5.27. The van der Waals surface area contributed by atoms with Gasteiger partial charge in [-0.2, -0.15) is 0 Å². The van der Waals surface area contributed by atoms with Crippen molar-refractivity contribution in [3.05, 3.63) is 35.4 Å². The summed E-state index contributed by atoms with van der Waals surface area (Å²) in [5, 5.41) is 0. The van der Waals surface area contributed by atoms with Crippen molar-refractivity contribution in [3.63, 3.8) is 0 Å². The molecular formula is C13H20ClN. The minimum atomic E-state index is -0.205. The van der Waals surface area contributed by atoms with Gasteiger partial charge in [-0.05, 0) is 29.4 Å². The van der Waals surface area contributed by atoms with Gasteiger partial charge in [-0.15, -0.1) is 12.4 Å². The zero-order valence-corrected chi connectivity index (χ0v) is 10.7. The van der Waals surface area contributed by atoms with Gasteiger partial charge in [0.2, 0.25) is 0 Å². The molecule has 1 aromatic rings. The highest BCUT2D eigenvalue weighted by Crippen LogP contribution is 2.55. The van der Waals surface area contributed by atoms with Crippen LogP contribution >= 0.6 is 12.4 Å². The van der Waals surface area contributed by atoms with E-state index in [1.807, 2.05) is 0 Å². The second-order valence-corrected chi connectivity index (χ2v) is 5.23. The molecule has 0 saturated carbocycles. The Hall–Kier alpha value is -0.530. The third-order valence-corrected chi connectivity index (χ3v) is 4.41. The third kappa shape index (κ3) is 1.41. The first-order valence-electron chi connectivity index (χ1n) is 5.27. The molecular weight excluding hydrogens is 206 g/mol. The van der Waals surface area contributed by atoms with Gasteiger partial charge in [-0.1, -0.05) is 45.0 Å². The van der Waals surface area contributed by atoms with Gasteiger partial charge >= 0.3 is 0 Å². The molecule has 0 amide bonds. The molecule has 0 unspecified atom stereocenters. The number of halogens is 1. The van der Waals surface area contributed by atoms with E-state index in [1.165, 1.54) is 11.1 Å². The first-order chi connectivity index (χ1) is 6.39. The summed E-state index contributed by atoms with van der Waals surface area (Å²) < 4.78 is 0. The summed E-state index contributed by atoms with van der Waals surface area (Å²) in [6.07, 6.45) is 0. The number of hydrogen-bond acceptors (Lipinski definition) is 1. The lowest BCUT2D eigenvalue weighted by atomic mass is 9.70. The van der Waals surface area contributed by atoms with Crippen LogP contribution < -0.4 is 5.73 Å². The molecule has 2 heteroatoms. The molecule has 15 heavy (non-hydrogen) atoms. The molecule has 0 bridgehead atoms. The van der Waals surface area contributed by atoms with Crippen molar-refractivity contribution in [2.45, 2.75) is 39.2 Å². The topological polar surface area (TPSA) is 26.0 Å². The molecule has 2 atom stereocenters. The number of nitrogens with two attached hydrogens (primary N) is 1. The van der Waals surface area contributed by atoms with E-state index >= 15 is 0 Å². The summed E-state index contributed by atoms with van der Waals surface area (Å²) in [4.78, 5) is 0. The van der Waals surface area contributed by atoms with E-state index in [9.17, 15) is 0 Å². The second kappa shape index (κ2) is 3.50. The van der Waals surface area contributed by atoms with Crippen molar-refractivity contribution < 1.29 is 0 Å². The lowest BCUT2D eigenvalue weighted by Gasteiger charge is -2.38. The highest BCUT2D eigenvalue weighted by molar-refractivity contribution is 5.85. The standard InChI is InChI=1S/C13H19N.ClH/c1-9-10-7-5-6-8-11(10)13(4,14)12(9,2)3;/h5-9H,14H2,1-4H3;1H/t9-,13+;/m1./s1. The van der Waals surface area contributed by atoms with E-state index in [0.717, 1.165) is 0 Å². The monoisotopic (exact) mass is 225 g/mol. The molecule has 0 saturated heterocycles. The fourth-order valence-corrected chi connectivity index (χ4v) is 2.53. The zero-order valence-electron chi connectivity index (χ0n) is 9.87. The van der Waals surface area contributed by atoms with E-state index in [4.69, 9.17) is 5.73 Å². The molecule has 0 heterocycles. The van der Waals surface area contributed by atoms with E-state index < -0.39 is 0 Å². The molecule has 1 aliphatic carbocycles. The number of fused-ring (bicyclic) bond motifs is 1. The summed E-state index contributed by atoms with van der Waals surface area (Å²) in [6.45, 7) is 8.95. The minimum absolute atomic E-state index is 0. The van der Waals surface area contributed by atoms with Crippen molar-refractivity contribution in [2.24, 2.45) is 11.1 Å². The Bertz CT molecular complexity index is 369. The largest absolute Gasteiger partial charge is 0.321 e. The van der Waals surface area contributed by atoms with Crippen LogP contribution in [0.15, 0.2) is 24.3 Å². The first kappa shape index (κ1) is 12.5. The summed E-state index contributed by atoms with van der Waals surface area (Å²) in [6, 6.07) is 8.56. The van der Waals surface area contributed by atoms with Crippen LogP contribution in [0.4, 0.5) is 0 Å². The third-order valence-electron chi connectivity index (χ3n) is 4.41. The molecule has 0 radical (unpaired) electrons. The van der Waals surface area contributed by atoms with Crippen LogP contribution in [-0.4, -0.2) is 0 Å². The maximum Gasteiger partial charge on any atom is 0.0441 e. The summed E-state index contributed by atoms with van der Waals surface area (Å²) in [7, 11) is 0. The maximum absolute atomic E-state index is 6.46. The van der Waals surface area contributed by atoms with Crippen LogP contribution in [-0.2, 0) is 5.54 Å².